The number of carbonyl (C=O) groups is 2. The maximum absolute atomic E-state index is 13.4. The molecule has 0 saturated carbocycles. The minimum atomic E-state index is -0.552. The van der Waals surface area contributed by atoms with Crippen molar-refractivity contribution in [2.75, 3.05) is 51.5 Å². The summed E-state index contributed by atoms with van der Waals surface area (Å²) in [5.74, 6) is -0.0474. The Kier molecular flexibility index (Phi) is 8.46. The molecule has 0 saturated heterocycles. The summed E-state index contributed by atoms with van der Waals surface area (Å²) in [4.78, 5) is 29.6. The topological polar surface area (TPSA) is 83.1 Å². The van der Waals surface area contributed by atoms with Crippen LogP contribution in [0.1, 0.15) is 24.2 Å². The van der Waals surface area contributed by atoms with Crippen LogP contribution in [0.25, 0.3) is 0 Å². The van der Waals surface area contributed by atoms with E-state index in [0.29, 0.717) is 35.8 Å². The summed E-state index contributed by atoms with van der Waals surface area (Å²) in [6.45, 7) is 5.80. The zero-order chi connectivity index (χ0) is 24.8. The number of halogens is 1. The van der Waals surface area contributed by atoms with Gasteiger partial charge in [0, 0.05) is 44.7 Å². The van der Waals surface area contributed by atoms with E-state index in [1.807, 2.05) is 7.05 Å². The molecule has 1 aliphatic heterocycles. The third-order valence-electron chi connectivity index (χ3n) is 6.10. The van der Waals surface area contributed by atoms with E-state index in [0.717, 1.165) is 6.54 Å². The average molecular weight is 473 g/mol. The molecule has 0 fully saturated rings. The fourth-order valence-corrected chi connectivity index (χ4v) is 3.90. The Bertz CT molecular complexity index is 1020. The van der Waals surface area contributed by atoms with E-state index in [2.05, 4.69) is 29.4 Å². The molecule has 184 valence electrons. The molecule has 3 atom stereocenters. The van der Waals surface area contributed by atoms with Gasteiger partial charge in [0.15, 0.2) is 0 Å². The third kappa shape index (κ3) is 6.45. The normalized spacial score (nSPS) is 22.1. The minimum Gasteiger partial charge on any atom is -0.491 e. The van der Waals surface area contributed by atoms with Gasteiger partial charge in [-0.15, -0.1) is 0 Å². The number of carbonyl (C=O) groups excluding carboxylic acids is 2. The van der Waals surface area contributed by atoms with Gasteiger partial charge >= 0.3 is 6.03 Å². The number of hydrogen-bond donors (Lipinski definition) is 2. The van der Waals surface area contributed by atoms with Crippen LogP contribution < -0.4 is 15.4 Å². The van der Waals surface area contributed by atoms with Crippen LogP contribution in [-0.2, 0) is 4.74 Å². The molecule has 0 aromatic heterocycles. The lowest BCUT2D eigenvalue weighted by molar-refractivity contribution is 0.0150. The van der Waals surface area contributed by atoms with E-state index < -0.39 is 11.8 Å². The van der Waals surface area contributed by atoms with Gasteiger partial charge in [0.25, 0.3) is 5.91 Å². The largest absolute Gasteiger partial charge is 0.491 e. The molecule has 0 bridgehead atoms. The molecule has 1 aliphatic rings. The fourth-order valence-electron chi connectivity index (χ4n) is 3.90. The smallest absolute Gasteiger partial charge is 0.323 e. The van der Waals surface area contributed by atoms with Gasteiger partial charge in [-0.1, -0.05) is 13.0 Å². The molecular formula is C25H33FN4O4. The first-order valence-corrected chi connectivity index (χ1v) is 11.3. The van der Waals surface area contributed by atoms with E-state index in [4.69, 9.17) is 9.47 Å². The lowest BCUT2D eigenvalue weighted by Gasteiger charge is -2.34. The lowest BCUT2D eigenvalue weighted by atomic mass is 10.0. The summed E-state index contributed by atoms with van der Waals surface area (Å²) < 4.78 is 25.1. The molecule has 3 rings (SSSR count). The molecule has 3 amide bonds. The van der Waals surface area contributed by atoms with Crippen LogP contribution >= 0.6 is 0 Å². The molecule has 1 heterocycles. The summed E-state index contributed by atoms with van der Waals surface area (Å²) in [5, 5.41) is 5.27. The van der Waals surface area contributed by atoms with Crippen LogP contribution in [0.4, 0.5) is 20.6 Å². The van der Waals surface area contributed by atoms with E-state index in [1.165, 1.54) is 18.2 Å². The number of rotatable bonds is 3. The number of methoxy groups -OCH3 is 1. The number of ether oxygens (including phenoxy) is 2. The highest BCUT2D eigenvalue weighted by Crippen LogP contribution is 2.26. The highest BCUT2D eigenvalue weighted by Gasteiger charge is 2.27. The molecule has 2 aromatic carbocycles. The quantitative estimate of drug-likeness (QED) is 0.708. The van der Waals surface area contributed by atoms with Crippen molar-refractivity contribution in [3.05, 3.63) is 53.8 Å². The van der Waals surface area contributed by atoms with Gasteiger partial charge in [0.2, 0.25) is 0 Å². The first-order chi connectivity index (χ1) is 16.2. The molecule has 0 unspecified atom stereocenters. The minimum absolute atomic E-state index is 0.120. The molecule has 8 nitrogen and oxygen atoms in total. The van der Waals surface area contributed by atoms with Crippen molar-refractivity contribution in [3.63, 3.8) is 0 Å². The van der Waals surface area contributed by atoms with Crippen molar-refractivity contribution in [1.29, 1.82) is 0 Å². The number of nitrogens with zero attached hydrogens (tertiary/aromatic N) is 2. The van der Waals surface area contributed by atoms with Crippen LogP contribution in [0.3, 0.4) is 0 Å². The van der Waals surface area contributed by atoms with Gasteiger partial charge in [-0.25, -0.2) is 9.18 Å². The third-order valence-corrected chi connectivity index (χ3v) is 6.10. The first kappa shape index (κ1) is 25.5. The van der Waals surface area contributed by atoms with Gasteiger partial charge < -0.3 is 25.0 Å². The average Bonchev–Trinajstić information content (AvgIpc) is 2.79. The molecule has 0 spiro atoms. The Balaban J connectivity index is 1.85. The Morgan fingerprint density at radius 2 is 1.79 bits per heavy atom. The van der Waals surface area contributed by atoms with E-state index in [1.54, 1.807) is 43.3 Å². The van der Waals surface area contributed by atoms with Gasteiger partial charge in [-0.2, -0.15) is 0 Å². The Labute approximate surface area is 200 Å². The van der Waals surface area contributed by atoms with E-state index in [9.17, 15) is 14.0 Å². The maximum Gasteiger partial charge on any atom is 0.323 e. The standard InChI is InChI=1S/C25H33FN4O4/c1-16-13-29(3)17(2)15-34-22-10-9-20(12-21(22)24(31)30(4)14-23(16)33-5)28-25(32)27-19-8-6-7-18(26)11-19/h6-12,16-17,23H,13-15H2,1-5H3,(H2,27,28,32)/t16-,17+,23+/m0/s1. The van der Waals surface area contributed by atoms with Crippen LogP contribution in [0.5, 0.6) is 5.75 Å². The molecule has 0 aliphatic carbocycles. The monoisotopic (exact) mass is 472 g/mol. The van der Waals surface area contributed by atoms with E-state index >= 15 is 0 Å². The van der Waals surface area contributed by atoms with Crippen molar-refractivity contribution < 1.29 is 23.5 Å². The van der Waals surface area contributed by atoms with Crippen LogP contribution in [0.15, 0.2) is 42.5 Å². The second-order valence-electron chi connectivity index (χ2n) is 8.84. The second kappa shape index (κ2) is 11.3. The summed E-state index contributed by atoms with van der Waals surface area (Å²) in [6, 6.07) is 10.1. The number of fused-ring (bicyclic) bond motifs is 1. The highest BCUT2D eigenvalue weighted by atomic mass is 19.1. The SMILES string of the molecule is CO[C@@H]1CN(C)C(=O)c2cc(NC(=O)Nc3cccc(F)c3)ccc2OC[C@@H](C)N(C)C[C@@H]1C. The molecular weight excluding hydrogens is 439 g/mol. The van der Waals surface area contributed by atoms with E-state index in [-0.39, 0.29) is 24.0 Å². The number of hydrogen-bond acceptors (Lipinski definition) is 5. The fraction of sp³-hybridized carbons (Fsp3) is 0.440. The first-order valence-electron chi connectivity index (χ1n) is 11.3. The van der Waals surface area contributed by atoms with Gasteiger partial charge in [0.05, 0.1) is 11.7 Å². The van der Waals surface area contributed by atoms with Gasteiger partial charge in [0.1, 0.15) is 18.2 Å². The van der Waals surface area contributed by atoms with Crippen LogP contribution in [-0.4, -0.2) is 74.8 Å². The van der Waals surface area contributed by atoms with Crippen LogP contribution in [0.2, 0.25) is 0 Å². The Morgan fingerprint density at radius 1 is 1.09 bits per heavy atom. The maximum atomic E-state index is 13.4. The van der Waals surface area contributed by atoms with Crippen LogP contribution in [0, 0.1) is 11.7 Å². The van der Waals surface area contributed by atoms with Crippen molar-refractivity contribution in [3.8, 4) is 5.75 Å². The predicted molar refractivity (Wildman–Crippen MR) is 130 cm³/mol. The summed E-state index contributed by atoms with van der Waals surface area (Å²) in [6.07, 6.45) is -0.134. The van der Waals surface area contributed by atoms with Gasteiger partial charge in [-0.05, 0) is 56.3 Å². The Hall–Kier alpha value is -3.17. The number of amides is 3. The number of urea groups is 1. The van der Waals surface area contributed by atoms with Crippen molar-refractivity contribution in [1.82, 2.24) is 9.80 Å². The molecule has 2 aromatic rings. The number of anilines is 2. The number of benzene rings is 2. The zero-order valence-corrected chi connectivity index (χ0v) is 20.3. The lowest BCUT2D eigenvalue weighted by Crippen LogP contribution is -2.45. The molecule has 9 heteroatoms. The summed E-state index contributed by atoms with van der Waals surface area (Å²) >= 11 is 0. The molecule has 0 radical (unpaired) electrons. The number of nitrogens with one attached hydrogen (secondary N) is 2. The summed E-state index contributed by atoms with van der Waals surface area (Å²) in [5.41, 5.74) is 1.07. The second-order valence-corrected chi connectivity index (χ2v) is 8.84. The highest BCUT2D eigenvalue weighted by molar-refractivity contribution is 6.02. The zero-order valence-electron chi connectivity index (χ0n) is 20.3. The summed E-state index contributed by atoms with van der Waals surface area (Å²) in [7, 11) is 5.42. The van der Waals surface area contributed by atoms with Crippen molar-refractivity contribution >= 4 is 23.3 Å². The predicted octanol–water partition coefficient (Wildman–Crippen LogP) is 3.91. The Morgan fingerprint density at radius 3 is 2.47 bits per heavy atom. The van der Waals surface area contributed by atoms with Crippen molar-refractivity contribution in [2.24, 2.45) is 5.92 Å². The molecule has 34 heavy (non-hydrogen) atoms. The van der Waals surface area contributed by atoms with Gasteiger partial charge in [-0.3, -0.25) is 9.69 Å². The molecule has 2 N–H and O–H groups in total. The number of likely N-dealkylation sites (N-methyl/N-ethyl adjacent to an activating group) is 2. The van der Waals surface area contributed by atoms with Crippen molar-refractivity contribution in [2.45, 2.75) is 26.0 Å².